The predicted molar refractivity (Wildman–Crippen MR) is 57.3 cm³/mol. The van der Waals surface area contributed by atoms with Crippen LogP contribution in [0.5, 0.6) is 0 Å². The number of aromatic nitrogens is 2. The number of hydrogen-bond acceptors (Lipinski definition) is 1. The first-order valence-electron chi connectivity index (χ1n) is 4.49. The quantitative estimate of drug-likeness (QED) is 0.707. The maximum Gasteiger partial charge on any atom is 0.0953 e. The summed E-state index contributed by atoms with van der Waals surface area (Å²) >= 11 is 5.67. The summed E-state index contributed by atoms with van der Waals surface area (Å²) < 4.78 is 2.03. The number of rotatable bonds is 3. The van der Waals surface area contributed by atoms with Gasteiger partial charge in [0.15, 0.2) is 0 Å². The topological polar surface area (TPSA) is 17.8 Å². The molecule has 0 aliphatic heterocycles. The van der Waals surface area contributed by atoms with Gasteiger partial charge in [-0.25, -0.2) is 4.98 Å². The zero-order chi connectivity index (χ0) is 9.80. The van der Waals surface area contributed by atoms with Crippen LogP contribution in [-0.4, -0.2) is 9.55 Å². The first-order valence-corrected chi connectivity index (χ1v) is 5.02. The van der Waals surface area contributed by atoms with Crippen LogP contribution in [0.4, 0.5) is 0 Å². The largest absolute Gasteiger partial charge is 0.333 e. The smallest absolute Gasteiger partial charge is 0.0953 e. The summed E-state index contributed by atoms with van der Waals surface area (Å²) in [6, 6.07) is 10.3. The molecule has 0 aliphatic carbocycles. The Labute approximate surface area is 88.2 Å². The highest BCUT2D eigenvalue weighted by Gasteiger charge is 1.97. The van der Waals surface area contributed by atoms with Crippen molar-refractivity contribution in [2.24, 2.45) is 0 Å². The average Bonchev–Trinajstić information content (AvgIpc) is 2.67. The molecule has 1 aromatic heterocycles. The number of halogens is 1. The van der Waals surface area contributed by atoms with Crippen molar-refractivity contribution >= 4 is 11.6 Å². The minimum Gasteiger partial charge on any atom is -0.333 e. The summed E-state index contributed by atoms with van der Waals surface area (Å²) in [5.41, 5.74) is 2.19. The van der Waals surface area contributed by atoms with E-state index in [-0.39, 0.29) is 0 Å². The van der Waals surface area contributed by atoms with E-state index in [2.05, 4.69) is 17.1 Å². The van der Waals surface area contributed by atoms with Gasteiger partial charge in [0.2, 0.25) is 0 Å². The van der Waals surface area contributed by atoms with Gasteiger partial charge >= 0.3 is 0 Å². The van der Waals surface area contributed by atoms with Crippen molar-refractivity contribution in [1.29, 1.82) is 0 Å². The highest BCUT2D eigenvalue weighted by atomic mass is 35.5. The molecule has 14 heavy (non-hydrogen) atoms. The van der Waals surface area contributed by atoms with Gasteiger partial charge in [-0.15, -0.1) is 11.6 Å². The van der Waals surface area contributed by atoms with Crippen LogP contribution in [0.25, 0.3) is 0 Å². The molecule has 0 atom stereocenters. The molecule has 2 nitrogen and oxygen atoms in total. The van der Waals surface area contributed by atoms with Crippen LogP contribution in [0.15, 0.2) is 42.9 Å². The third-order valence-corrected chi connectivity index (χ3v) is 2.31. The first kappa shape index (κ1) is 9.28. The maximum absolute atomic E-state index is 5.67. The van der Waals surface area contributed by atoms with Gasteiger partial charge in [0.05, 0.1) is 17.9 Å². The molecule has 0 unspecified atom stereocenters. The first-order chi connectivity index (χ1) is 6.88. The molecule has 1 heterocycles. The second kappa shape index (κ2) is 4.29. The van der Waals surface area contributed by atoms with E-state index in [9.17, 15) is 0 Å². The standard InChI is InChI=1S/C11H11ClN2/c12-6-11-8-14(9-13-11)7-10-4-2-1-3-5-10/h1-5,8-9H,6-7H2. The second-order valence-electron chi connectivity index (χ2n) is 3.16. The number of benzene rings is 1. The summed E-state index contributed by atoms with van der Waals surface area (Å²) in [6.07, 6.45) is 3.78. The van der Waals surface area contributed by atoms with Crippen molar-refractivity contribution in [3.8, 4) is 0 Å². The van der Waals surface area contributed by atoms with Crippen LogP contribution in [0, 0.1) is 0 Å². The lowest BCUT2D eigenvalue weighted by molar-refractivity contribution is 0.797. The fraction of sp³-hybridized carbons (Fsp3) is 0.182. The van der Waals surface area contributed by atoms with Gasteiger partial charge in [0.1, 0.15) is 0 Å². The van der Waals surface area contributed by atoms with Crippen LogP contribution < -0.4 is 0 Å². The number of alkyl halides is 1. The van der Waals surface area contributed by atoms with Crippen LogP contribution in [0.3, 0.4) is 0 Å². The van der Waals surface area contributed by atoms with Crippen LogP contribution in [0.2, 0.25) is 0 Å². The summed E-state index contributed by atoms with van der Waals surface area (Å²) in [6.45, 7) is 0.852. The van der Waals surface area contributed by atoms with Crippen molar-refractivity contribution in [3.05, 3.63) is 54.1 Å². The van der Waals surface area contributed by atoms with E-state index in [0.29, 0.717) is 5.88 Å². The number of nitrogens with zero attached hydrogens (tertiary/aromatic N) is 2. The Morgan fingerprint density at radius 1 is 1.21 bits per heavy atom. The summed E-state index contributed by atoms with van der Waals surface area (Å²) in [7, 11) is 0. The van der Waals surface area contributed by atoms with E-state index >= 15 is 0 Å². The van der Waals surface area contributed by atoms with Gasteiger partial charge in [-0.1, -0.05) is 30.3 Å². The Balaban J connectivity index is 2.11. The van der Waals surface area contributed by atoms with E-state index in [4.69, 9.17) is 11.6 Å². The van der Waals surface area contributed by atoms with Crippen molar-refractivity contribution < 1.29 is 0 Å². The lowest BCUT2D eigenvalue weighted by atomic mass is 10.2. The van der Waals surface area contributed by atoms with Gasteiger partial charge in [0, 0.05) is 12.7 Å². The number of imidazole rings is 1. The lowest BCUT2D eigenvalue weighted by Gasteiger charge is -2.00. The summed E-state index contributed by atoms with van der Waals surface area (Å²) in [5, 5.41) is 0. The van der Waals surface area contributed by atoms with Crippen molar-refractivity contribution in [3.63, 3.8) is 0 Å². The van der Waals surface area contributed by atoms with Crippen molar-refractivity contribution in [2.75, 3.05) is 0 Å². The second-order valence-corrected chi connectivity index (χ2v) is 3.42. The molecular weight excluding hydrogens is 196 g/mol. The lowest BCUT2D eigenvalue weighted by Crippen LogP contribution is -1.95. The molecule has 0 saturated heterocycles. The molecule has 0 N–H and O–H groups in total. The molecule has 0 aliphatic rings. The Morgan fingerprint density at radius 2 is 2.00 bits per heavy atom. The molecule has 1 aromatic carbocycles. The van der Waals surface area contributed by atoms with E-state index in [0.717, 1.165) is 12.2 Å². The highest BCUT2D eigenvalue weighted by Crippen LogP contribution is 2.05. The van der Waals surface area contributed by atoms with E-state index in [1.54, 1.807) is 0 Å². The molecular formula is C11H11ClN2. The average molecular weight is 207 g/mol. The van der Waals surface area contributed by atoms with E-state index < -0.39 is 0 Å². The third-order valence-electron chi connectivity index (χ3n) is 2.03. The Hall–Kier alpha value is -1.28. The Bertz CT molecular complexity index is 395. The van der Waals surface area contributed by atoms with Gasteiger partial charge in [-0.3, -0.25) is 0 Å². The zero-order valence-electron chi connectivity index (χ0n) is 7.73. The minimum atomic E-state index is 0.474. The molecule has 0 amide bonds. The Morgan fingerprint density at radius 3 is 2.64 bits per heavy atom. The van der Waals surface area contributed by atoms with Crippen molar-refractivity contribution in [1.82, 2.24) is 9.55 Å². The zero-order valence-corrected chi connectivity index (χ0v) is 8.48. The van der Waals surface area contributed by atoms with Crippen LogP contribution in [0.1, 0.15) is 11.3 Å². The molecule has 0 bridgehead atoms. The molecule has 2 aromatic rings. The SMILES string of the molecule is ClCc1cn(Cc2ccccc2)cn1. The van der Waals surface area contributed by atoms with E-state index in [1.807, 2.05) is 35.3 Å². The maximum atomic E-state index is 5.67. The number of hydrogen-bond donors (Lipinski definition) is 0. The molecule has 3 heteroatoms. The van der Waals surface area contributed by atoms with Gasteiger partial charge in [-0.05, 0) is 5.56 Å². The normalized spacial score (nSPS) is 10.4. The minimum absolute atomic E-state index is 0.474. The molecule has 0 saturated carbocycles. The van der Waals surface area contributed by atoms with Crippen LogP contribution in [-0.2, 0) is 12.4 Å². The van der Waals surface area contributed by atoms with Crippen molar-refractivity contribution in [2.45, 2.75) is 12.4 Å². The Kier molecular flexibility index (Phi) is 2.84. The van der Waals surface area contributed by atoms with Crippen LogP contribution >= 0.6 is 11.6 Å². The van der Waals surface area contributed by atoms with Gasteiger partial charge in [-0.2, -0.15) is 0 Å². The fourth-order valence-corrected chi connectivity index (χ4v) is 1.49. The molecule has 72 valence electrons. The summed E-state index contributed by atoms with van der Waals surface area (Å²) in [4.78, 5) is 4.16. The van der Waals surface area contributed by atoms with Gasteiger partial charge in [0.25, 0.3) is 0 Å². The molecule has 0 spiro atoms. The van der Waals surface area contributed by atoms with E-state index in [1.165, 1.54) is 5.56 Å². The fourth-order valence-electron chi connectivity index (χ4n) is 1.36. The highest BCUT2D eigenvalue weighted by molar-refractivity contribution is 6.16. The monoisotopic (exact) mass is 206 g/mol. The molecule has 0 radical (unpaired) electrons. The molecule has 0 fully saturated rings. The van der Waals surface area contributed by atoms with Gasteiger partial charge < -0.3 is 4.57 Å². The molecule has 2 rings (SSSR count). The predicted octanol–water partition coefficient (Wildman–Crippen LogP) is 2.67. The summed E-state index contributed by atoms with van der Waals surface area (Å²) in [5.74, 6) is 0.474. The third kappa shape index (κ3) is 2.15.